The van der Waals surface area contributed by atoms with E-state index in [0.717, 1.165) is 12.1 Å². The van der Waals surface area contributed by atoms with Crippen molar-refractivity contribution < 1.29 is 35.6 Å². The van der Waals surface area contributed by atoms with Gasteiger partial charge in [0.25, 0.3) is 0 Å². The molecule has 0 aliphatic rings. The van der Waals surface area contributed by atoms with Crippen LogP contribution in [0, 0.1) is 0 Å². The predicted molar refractivity (Wildman–Crippen MR) is 78.8 cm³/mol. The average Bonchev–Trinajstić information content (AvgIpc) is 2.45. The Labute approximate surface area is 136 Å². The van der Waals surface area contributed by atoms with Crippen LogP contribution in [-0.4, -0.2) is 19.0 Å². The van der Waals surface area contributed by atoms with Crippen LogP contribution in [0.25, 0.3) is 0 Å². The Morgan fingerprint density at radius 1 is 1.25 bits per heavy atom. The Hall–Kier alpha value is -2.40. The van der Waals surface area contributed by atoms with Gasteiger partial charge >= 0.3 is 15.6 Å². The first-order valence-corrected chi connectivity index (χ1v) is 7.69. The number of allylic oxidation sites excluding steroid dienone is 3. The van der Waals surface area contributed by atoms with Crippen molar-refractivity contribution in [2.24, 2.45) is 11.5 Å². The van der Waals surface area contributed by atoms with E-state index in [4.69, 9.17) is 21.3 Å². The van der Waals surface area contributed by atoms with Crippen molar-refractivity contribution in [1.82, 2.24) is 0 Å². The van der Waals surface area contributed by atoms with Crippen LogP contribution in [0.4, 0.5) is 13.2 Å². The van der Waals surface area contributed by atoms with Crippen molar-refractivity contribution in [2.75, 3.05) is 0 Å². The fraction of sp³-hybridized carbons (Fsp3) is 0.231. The molecule has 1 rings (SSSR count). The summed E-state index contributed by atoms with van der Waals surface area (Å²) in [4.78, 5) is 0. The summed E-state index contributed by atoms with van der Waals surface area (Å²) in [5.74, 6) is -1.44. The largest absolute Gasteiger partial charge is 0.534 e. The van der Waals surface area contributed by atoms with Crippen molar-refractivity contribution in [3.63, 3.8) is 0 Å². The zero-order chi connectivity index (χ0) is 18.5. The number of aliphatic hydroxyl groups excluding tert-OH is 1. The van der Waals surface area contributed by atoms with E-state index < -0.39 is 33.7 Å². The van der Waals surface area contributed by atoms with Gasteiger partial charge in [0.05, 0.1) is 6.61 Å². The molecule has 0 radical (unpaired) electrons. The lowest BCUT2D eigenvalue weighted by Gasteiger charge is -2.14. The van der Waals surface area contributed by atoms with Gasteiger partial charge in [-0.25, -0.2) is 0 Å². The van der Waals surface area contributed by atoms with E-state index in [1.807, 2.05) is 0 Å². The molecule has 1 aromatic carbocycles. The first-order chi connectivity index (χ1) is 11.0. The van der Waals surface area contributed by atoms with E-state index in [1.165, 1.54) is 18.2 Å². The molecule has 7 nitrogen and oxygen atoms in total. The normalized spacial score (nSPS) is 13.7. The first-order valence-electron chi connectivity index (χ1n) is 6.28. The summed E-state index contributed by atoms with van der Waals surface area (Å²) in [6.07, 6.45) is 2.59. The maximum absolute atomic E-state index is 12.4. The summed E-state index contributed by atoms with van der Waals surface area (Å²) in [6.45, 7) is 1.01. The van der Waals surface area contributed by atoms with Crippen LogP contribution in [0.1, 0.15) is 12.5 Å². The molecular formula is C13H15F3N2O5S. The summed E-state index contributed by atoms with van der Waals surface area (Å²) in [7, 11) is -5.91. The second kappa shape index (κ2) is 7.45. The number of alkyl halides is 3. The third kappa shape index (κ3) is 5.35. The van der Waals surface area contributed by atoms with Gasteiger partial charge in [0.1, 0.15) is 0 Å². The SMILES string of the molecule is C/C(N)=C/C=C(\N)Oc1ccc(CO)cc1OS(=O)(=O)C(F)(F)F. The fourth-order valence-electron chi connectivity index (χ4n) is 1.34. The minimum atomic E-state index is -5.91. The lowest BCUT2D eigenvalue weighted by Crippen LogP contribution is -2.28. The number of nitrogens with two attached hydrogens (primary N) is 2. The Balaban J connectivity index is 3.23. The van der Waals surface area contributed by atoms with Crippen molar-refractivity contribution in [3.05, 3.63) is 47.5 Å². The number of ether oxygens (including phenoxy) is 1. The second-order valence-electron chi connectivity index (χ2n) is 4.50. The zero-order valence-corrected chi connectivity index (χ0v) is 13.2. The molecular weight excluding hydrogens is 353 g/mol. The summed E-state index contributed by atoms with van der Waals surface area (Å²) in [6, 6.07) is 3.28. The Kier molecular flexibility index (Phi) is 6.10. The molecule has 0 bridgehead atoms. The highest BCUT2D eigenvalue weighted by Gasteiger charge is 2.49. The topological polar surface area (TPSA) is 125 Å². The maximum Gasteiger partial charge on any atom is 0.534 e. The van der Waals surface area contributed by atoms with Gasteiger partial charge in [0.2, 0.25) is 0 Å². The number of benzene rings is 1. The average molecular weight is 368 g/mol. The third-order valence-electron chi connectivity index (χ3n) is 2.41. The van der Waals surface area contributed by atoms with Crippen molar-refractivity contribution in [1.29, 1.82) is 0 Å². The van der Waals surface area contributed by atoms with Gasteiger partial charge in [-0.3, -0.25) is 0 Å². The van der Waals surface area contributed by atoms with Crippen molar-refractivity contribution in [3.8, 4) is 11.5 Å². The summed E-state index contributed by atoms with van der Waals surface area (Å²) in [5.41, 5.74) is 5.75. The molecule has 0 amide bonds. The molecule has 0 fully saturated rings. The van der Waals surface area contributed by atoms with Gasteiger partial charge in [-0.05, 0) is 36.8 Å². The molecule has 0 saturated heterocycles. The molecule has 11 heteroatoms. The highest BCUT2D eigenvalue weighted by atomic mass is 32.2. The van der Waals surface area contributed by atoms with Crippen LogP contribution in [0.2, 0.25) is 0 Å². The molecule has 24 heavy (non-hydrogen) atoms. The highest BCUT2D eigenvalue weighted by molar-refractivity contribution is 7.88. The van der Waals surface area contributed by atoms with E-state index >= 15 is 0 Å². The van der Waals surface area contributed by atoms with Crippen LogP contribution in [-0.2, 0) is 16.7 Å². The Bertz CT molecular complexity index is 753. The molecule has 1 aromatic rings. The number of hydrogen-bond acceptors (Lipinski definition) is 7. The Morgan fingerprint density at radius 2 is 1.88 bits per heavy atom. The molecule has 0 unspecified atom stereocenters. The minimum Gasteiger partial charge on any atom is -0.438 e. The number of halogens is 3. The van der Waals surface area contributed by atoms with E-state index in [1.54, 1.807) is 6.92 Å². The summed E-state index contributed by atoms with van der Waals surface area (Å²) < 4.78 is 68.7. The molecule has 5 N–H and O–H groups in total. The molecule has 0 spiro atoms. The van der Waals surface area contributed by atoms with Crippen LogP contribution >= 0.6 is 0 Å². The van der Waals surface area contributed by atoms with Gasteiger partial charge in [-0.15, -0.1) is 0 Å². The van der Waals surface area contributed by atoms with Crippen LogP contribution in [0.15, 0.2) is 41.9 Å². The van der Waals surface area contributed by atoms with Crippen molar-refractivity contribution >= 4 is 10.1 Å². The smallest absolute Gasteiger partial charge is 0.438 e. The fourth-order valence-corrected chi connectivity index (χ4v) is 1.80. The summed E-state index contributed by atoms with van der Waals surface area (Å²) >= 11 is 0. The molecule has 0 aliphatic carbocycles. The van der Waals surface area contributed by atoms with Gasteiger partial charge in [0, 0.05) is 5.70 Å². The van der Waals surface area contributed by atoms with Gasteiger partial charge in [-0.1, -0.05) is 6.07 Å². The van der Waals surface area contributed by atoms with Crippen molar-refractivity contribution in [2.45, 2.75) is 19.0 Å². The highest BCUT2D eigenvalue weighted by Crippen LogP contribution is 2.34. The zero-order valence-electron chi connectivity index (χ0n) is 12.4. The lowest BCUT2D eigenvalue weighted by molar-refractivity contribution is -0.0500. The van der Waals surface area contributed by atoms with E-state index in [0.29, 0.717) is 5.70 Å². The first kappa shape index (κ1) is 19.6. The lowest BCUT2D eigenvalue weighted by atomic mass is 10.2. The molecule has 0 aliphatic heterocycles. The second-order valence-corrected chi connectivity index (χ2v) is 6.04. The van der Waals surface area contributed by atoms with E-state index in [-0.39, 0.29) is 11.4 Å². The minimum absolute atomic E-state index is 0.106. The molecule has 0 saturated carbocycles. The Morgan fingerprint density at radius 3 is 2.38 bits per heavy atom. The molecule has 134 valence electrons. The predicted octanol–water partition coefficient (Wildman–Crippen LogP) is 1.45. The van der Waals surface area contributed by atoms with Gasteiger partial charge < -0.3 is 25.5 Å². The van der Waals surface area contributed by atoms with E-state index in [9.17, 15) is 21.6 Å². The van der Waals surface area contributed by atoms with Crippen LogP contribution in [0.5, 0.6) is 11.5 Å². The number of aliphatic hydroxyl groups is 1. The van der Waals surface area contributed by atoms with E-state index in [2.05, 4.69) is 4.18 Å². The van der Waals surface area contributed by atoms with Crippen LogP contribution in [0.3, 0.4) is 0 Å². The third-order valence-corrected chi connectivity index (χ3v) is 3.38. The monoisotopic (exact) mass is 368 g/mol. The number of hydrogen-bond donors (Lipinski definition) is 3. The van der Waals surface area contributed by atoms with Gasteiger partial charge in [0.15, 0.2) is 17.4 Å². The maximum atomic E-state index is 12.4. The molecule has 0 atom stereocenters. The molecule has 0 aromatic heterocycles. The van der Waals surface area contributed by atoms with Gasteiger partial charge in [-0.2, -0.15) is 21.6 Å². The quantitative estimate of drug-likeness (QED) is 0.300. The van der Waals surface area contributed by atoms with Crippen LogP contribution < -0.4 is 20.4 Å². The standard InChI is InChI=1S/C13H15F3N2O5S/c1-8(17)2-5-12(18)22-10-4-3-9(7-19)6-11(10)23-24(20,21)13(14,15)16/h2-6,19H,7,17-18H2,1H3/b8-2-,12-5+. The summed E-state index contributed by atoms with van der Waals surface area (Å²) in [5, 5.41) is 9.01. The molecule has 0 heterocycles. The number of rotatable bonds is 6.